The van der Waals surface area contributed by atoms with E-state index in [0.717, 1.165) is 22.3 Å². The van der Waals surface area contributed by atoms with E-state index in [9.17, 15) is 4.79 Å². The van der Waals surface area contributed by atoms with Gasteiger partial charge in [0.25, 0.3) is 5.56 Å². The maximum atomic E-state index is 11.6. The summed E-state index contributed by atoms with van der Waals surface area (Å²) in [6.45, 7) is 0. The van der Waals surface area contributed by atoms with Crippen molar-refractivity contribution in [1.29, 1.82) is 0 Å². The van der Waals surface area contributed by atoms with E-state index in [1.54, 1.807) is 13.3 Å². The number of benzene rings is 2. The molecule has 3 heteroatoms. The Kier molecular flexibility index (Phi) is 2.80. The lowest BCUT2D eigenvalue weighted by molar-refractivity contribution is 0.415. The fourth-order valence-electron chi connectivity index (χ4n) is 2.16. The van der Waals surface area contributed by atoms with Gasteiger partial charge in [0.1, 0.15) is 5.75 Å². The third-order valence-corrected chi connectivity index (χ3v) is 3.20. The summed E-state index contributed by atoms with van der Waals surface area (Å²) in [5, 5.41) is 1.65. The van der Waals surface area contributed by atoms with Crippen molar-refractivity contribution in [2.24, 2.45) is 0 Å². The fourth-order valence-corrected chi connectivity index (χ4v) is 2.16. The number of hydrogen-bond donors (Lipinski definition) is 1. The largest absolute Gasteiger partial charge is 0.497 e. The number of hydrogen-bond acceptors (Lipinski definition) is 2. The van der Waals surface area contributed by atoms with Gasteiger partial charge in [-0.25, -0.2) is 0 Å². The van der Waals surface area contributed by atoms with Gasteiger partial charge in [-0.3, -0.25) is 4.79 Å². The van der Waals surface area contributed by atoms with E-state index in [1.165, 1.54) is 0 Å². The average Bonchev–Trinajstić information content (AvgIpc) is 2.47. The number of methoxy groups -OCH3 is 1. The molecule has 0 aliphatic carbocycles. The molecule has 94 valence electrons. The van der Waals surface area contributed by atoms with Crippen LogP contribution in [0.15, 0.2) is 59.5 Å². The predicted molar refractivity (Wildman–Crippen MR) is 76.6 cm³/mol. The second-order valence-corrected chi connectivity index (χ2v) is 4.34. The second kappa shape index (κ2) is 4.61. The van der Waals surface area contributed by atoms with Crippen LogP contribution < -0.4 is 10.3 Å². The second-order valence-electron chi connectivity index (χ2n) is 4.34. The molecule has 0 saturated heterocycles. The Morgan fingerprint density at radius 2 is 1.68 bits per heavy atom. The van der Waals surface area contributed by atoms with Gasteiger partial charge in [0.15, 0.2) is 0 Å². The lowest BCUT2D eigenvalue weighted by Gasteiger charge is -2.05. The minimum absolute atomic E-state index is 0.0567. The van der Waals surface area contributed by atoms with Crippen molar-refractivity contribution in [3.8, 4) is 16.9 Å². The summed E-state index contributed by atoms with van der Waals surface area (Å²) in [7, 11) is 1.65. The molecule has 0 aliphatic rings. The van der Waals surface area contributed by atoms with Crippen molar-refractivity contribution in [2.45, 2.75) is 0 Å². The third-order valence-electron chi connectivity index (χ3n) is 3.20. The maximum Gasteiger partial charge on any atom is 0.255 e. The van der Waals surface area contributed by atoms with E-state index in [1.807, 2.05) is 48.5 Å². The maximum absolute atomic E-state index is 11.6. The molecular formula is C16H13NO2. The van der Waals surface area contributed by atoms with Crippen molar-refractivity contribution in [3.05, 3.63) is 65.1 Å². The monoisotopic (exact) mass is 251 g/mol. The Morgan fingerprint density at radius 1 is 0.947 bits per heavy atom. The molecule has 19 heavy (non-hydrogen) atoms. The molecule has 3 rings (SSSR count). The molecule has 3 nitrogen and oxygen atoms in total. The Balaban J connectivity index is 2.12. The molecule has 3 aromatic rings. The van der Waals surface area contributed by atoms with Crippen LogP contribution in [0.2, 0.25) is 0 Å². The highest BCUT2D eigenvalue weighted by molar-refractivity contribution is 5.86. The minimum Gasteiger partial charge on any atom is -0.497 e. The quantitative estimate of drug-likeness (QED) is 0.760. The Hall–Kier alpha value is -2.55. The van der Waals surface area contributed by atoms with Gasteiger partial charge in [0.2, 0.25) is 0 Å². The molecule has 0 bridgehead atoms. The number of rotatable bonds is 2. The molecule has 0 fully saturated rings. The molecule has 1 heterocycles. The molecule has 1 N–H and O–H groups in total. The van der Waals surface area contributed by atoms with Crippen LogP contribution in [0.1, 0.15) is 0 Å². The van der Waals surface area contributed by atoms with Crippen molar-refractivity contribution in [2.75, 3.05) is 7.11 Å². The van der Waals surface area contributed by atoms with Gasteiger partial charge in [0.05, 0.1) is 7.11 Å². The van der Waals surface area contributed by atoms with Crippen molar-refractivity contribution in [3.63, 3.8) is 0 Å². The number of aromatic amines is 1. The van der Waals surface area contributed by atoms with Gasteiger partial charge in [-0.05, 0) is 46.8 Å². The summed E-state index contributed by atoms with van der Waals surface area (Å²) in [5.41, 5.74) is 2.13. The zero-order valence-corrected chi connectivity index (χ0v) is 10.5. The molecule has 0 amide bonds. The number of H-pyrrole nitrogens is 1. The summed E-state index contributed by atoms with van der Waals surface area (Å²) in [4.78, 5) is 14.3. The topological polar surface area (TPSA) is 42.1 Å². The fraction of sp³-hybridized carbons (Fsp3) is 0.0625. The van der Waals surface area contributed by atoms with E-state index in [0.29, 0.717) is 5.39 Å². The summed E-state index contributed by atoms with van der Waals surface area (Å²) in [6.07, 6.45) is 1.67. The molecule has 0 spiro atoms. The zero-order valence-electron chi connectivity index (χ0n) is 10.5. The molecule has 0 aliphatic heterocycles. The smallest absolute Gasteiger partial charge is 0.255 e. The number of fused-ring (bicyclic) bond motifs is 1. The Labute approximate surface area is 110 Å². The highest BCUT2D eigenvalue weighted by Crippen LogP contribution is 2.24. The molecule has 0 unspecified atom stereocenters. The third kappa shape index (κ3) is 2.10. The Bertz CT molecular complexity index is 773. The first-order chi connectivity index (χ1) is 9.28. The summed E-state index contributed by atoms with van der Waals surface area (Å²) in [5.74, 6) is 0.834. The van der Waals surface area contributed by atoms with Crippen LogP contribution in [0.25, 0.3) is 21.9 Å². The van der Waals surface area contributed by atoms with Gasteiger partial charge >= 0.3 is 0 Å². The number of nitrogens with one attached hydrogen (secondary N) is 1. The first-order valence-corrected chi connectivity index (χ1v) is 6.04. The van der Waals surface area contributed by atoms with Gasteiger partial charge < -0.3 is 9.72 Å². The molecule has 1 aromatic heterocycles. The predicted octanol–water partition coefficient (Wildman–Crippen LogP) is 3.20. The number of aromatic nitrogens is 1. The molecular weight excluding hydrogens is 238 g/mol. The van der Waals surface area contributed by atoms with Crippen molar-refractivity contribution in [1.82, 2.24) is 4.98 Å². The minimum atomic E-state index is -0.0567. The average molecular weight is 251 g/mol. The van der Waals surface area contributed by atoms with E-state index in [4.69, 9.17) is 4.74 Å². The van der Waals surface area contributed by atoms with Crippen LogP contribution in [0.5, 0.6) is 5.75 Å². The summed E-state index contributed by atoms with van der Waals surface area (Å²) in [6, 6.07) is 15.6. The highest BCUT2D eigenvalue weighted by atomic mass is 16.5. The van der Waals surface area contributed by atoms with Crippen molar-refractivity contribution < 1.29 is 4.74 Å². The lowest BCUT2D eigenvalue weighted by atomic mass is 10.0. The van der Waals surface area contributed by atoms with Crippen LogP contribution in [-0.4, -0.2) is 12.1 Å². The SMILES string of the molecule is COc1ccc(-c2ccc3c(=O)[nH]ccc3c2)cc1. The van der Waals surface area contributed by atoms with Crippen LogP contribution >= 0.6 is 0 Å². The molecule has 0 radical (unpaired) electrons. The number of ether oxygens (including phenoxy) is 1. The first-order valence-electron chi connectivity index (χ1n) is 6.04. The van der Waals surface area contributed by atoms with E-state index in [2.05, 4.69) is 4.98 Å². The molecule has 0 saturated carbocycles. The van der Waals surface area contributed by atoms with E-state index >= 15 is 0 Å². The van der Waals surface area contributed by atoms with Gasteiger partial charge in [0, 0.05) is 11.6 Å². The zero-order chi connectivity index (χ0) is 13.2. The van der Waals surface area contributed by atoms with Crippen LogP contribution in [0.4, 0.5) is 0 Å². The summed E-state index contributed by atoms with van der Waals surface area (Å²) >= 11 is 0. The standard InChI is InChI=1S/C16H13NO2/c1-19-14-5-2-11(3-6-14)12-4-7-15-13(10-12)8-9-17-16(15)18/h2-10H,1H3,(H,17,18). The number of pyridine rings is 1. The normalized spacial score (nSPS) is 10.6. The Morgan fingerprint density at radius 3 is 2.42 bits per heavy atom. The highest BCUT2D eigenvalue weighted by Gasteiger charge is 2.02. The lowest BCUT2D eigenvalue weighted by Crippen LogP contribution is -2.03. The van der Waals surface area contributed by atoms with Crippen LogP contribution in [-0.2, 0) is 0 Å². The molecule has 0 atom stereocenters. The van der Waals surface area contributed by atoms with E-state index < -0.39 is 0 Å². The molecule has 2 aromatic carbocycles. The van der Waals surface area contributed by atoms with E-state index in [-0.39, 0.29) is 5.56 Å². The summed E-state index contributed by atoms with van der Waals surface area (Å²) < 4.78 is 5.15. The first kappa shape index (κ1) is 11.5. The van der Waals surface area contributed by atoms with Crippen LogP contribution in [0.3, 0.4) is 0 Å². The van der Waals surface area contributed by atoms with Gasteiger partial charge in [-0.1, -0.05) is 18.2 Å². The van der Waals surface area contributed by atoms with Crippen LogP contribution in [0, 0.1) is 0 Å². The van der Waals surface area contributed by atoms with Gasteiger partial charge in [-0.15, -0.1) is 0 Å². The van der Waals surface area contributed by atoms with Gasteiger partial charge in [-0.2, -0.15) is 0 Å². The van der Waals surface area contributed by atoms with Crippen molar-refractivity contribution >= 4 is 10.8 Å².